The molecule has 0 saturated heterocycles. The molecule has 24 heavy (non-hydrogen) atoms. The molecule has 1 N–H and O–H groups in total. The van der Waals surface area contributed by atoms with Crippen LogP contribution < -0.4 is 15.7 Å². The molecule has 1 aromatic carbocycles. The maximum Gasteiger partial charge on any atom is 0.337 e. The molecule has 0 saturated carbocycles. The van der Waals surface area contributed by atoms with Crippen molar-refractivity contribution in [3.05, 3.63) is 64.4 Å². The molecule has 124 valence electrons. The van der Waals surface area contributed by atoms with Crippen LogP contribution in [-0.4, -0.2) is 19.1 Å². The Bertz CT molecular complexity index is 895. The zero-order chi connectivity index (χ0) is 16.9. The Morgan fingerprint density at radius 3 is 2.88 bits per heavy atom. The fourth-order valence-corrected chi connectivity index (χ4v) is 2.44. The molecule has 0 unspecified atom stereocenters. The molecule has 2 aromatic heterocycles. The standard InChI is InChI=1S/C18H17NO5/c1-2-22-13-5-6-14-15(11-17(20)24-16(14)10-13)18(21)19-8-7-12-4-3-9-23-12/h3-6,9-11H,2,7-8H2,1H3,(H,19,21). The summed E-state index contributed by atoms with van der Waals surface area (Å²) in [6.45, 7) is 2.77. The van der Waals surface area contributed by atoms with Crippen molar-refractivity contribution in [1.29, 1.82) is 0 Å². The Balaban J connectivity index is 1.82. The van der Waals surface area contributed by atoms with Gasteiger partial charge in [-0.15, -0.1) is 0 Å². The largest absolute Gasteiger partial charge is 0.494 e. The first-order valence-corrected chi connectivity index (χ1v) is 7.68. The summed E-state index contributed by atoms with van der Waals surface area (Å²) >= 11 is 0. The normalized spacial score (nSPS) is 10.7. The van der Waals surface area contributed by atoms with Crippen LogP contribution in [0.2, 0.25) is 0 Å². The van der Waals surface area contributed by atoms with Gasteiger partial charge in [0.2, 0.25) is 0 Å². The molecule has 6 nitrogen and oxygen atoms in total. The molecule has 1 amide bonds. The maximum atomic E-state index is 12.4. The fourth-order valence-electron chi connectivity index (χ4n) is 2.44. The summed E-state index contributed by atoms with van der Waals surface area (Å²) in [7, 11) is 0. The number of amides is 1. The highest BCUT2D eigenvalue weighted by Gasteiger charge is 2.13. The highest BCUT2D eigenvalue weighted by molar-refractivity contribution is 6.05. The van der Waals surface area contributed by atoms with E-state index in [1.165, 1.54) is 6.07 Å². The number of furan rings is 1. The van der Waals surface area contributed by atoms with Crippen LogP contribution in [0.15, 0.2) is 56.3 Å². The van der Waals surface area contributed by atoms with E-state index >= 15 is 0 Å². The minimum absolute atomic E-state index is 0.281. The summed E-state index contributed by atoms with van der Waals surface area (Å²) < 4.78 is 15.8. The average molecular weight is 327 g/mol. The molecule has 3 rings (SSSR count). The molecule has 0 spiro atoms. The Kier molecular flexibility index (Phi) is 4.65. The smallest absolute Gasteiger partial charge is 0.337 e. The van der Waals surface area contributed by atoms with E-state index in [9.17, 15) is 9.59 Å². The number of fused-ring (bicyclic) bond motifs is 1. The molecule has 0 radical (unpaired) electrons. The first-order chi connectivity index (χ1) is 11.7. The van der Waals surface area contributed by atoms with Crippen LogP contribution in [0.1, 0.15) is 23.0 Å². The molecule has 0 fully saturated rings. The lowest BCUT2D eigenvalue weighted by Gasteiger charge is -2.08. The number of hydrogen-bond donors (Lipinski definition) is 1. The van der Waals surface area contributed by atoms with E-state index in [0.29, 0.717) is 36.3 Å². The molecule has 0 aliphatic carbocycles. The number of rotatable bonds is 6. The van der Waals surface area contributed by atoms with Crippen LogP contribution in [-0.2, 0) is 6.42 Å². The number of nitrogens with one attached hydrogen (secondary N) is 1. The zero-order valence-electron chi connectivity index (χ0n) is 13.2. The highest BCUT2D eigenvalue weighted by Crippen LogP contribution is 2.22. The van der Waals surface area contributed by atoms with Crippen molar-refractivity contribution in [2.45, 2.75) is 13.3 Å². The molecule has 3 aromatic rings. The van der Waals surface area contributed by atoms with Crippen LogP contribution in [0, 0.1) is 0 Å². The average Bonchev–Trinajstić information content (AvgIpc) is 3.07. The number of benzene rings is 1. The van der Waals surface area contributed by atoms with Crippen LogP contribution in [0.25, 0.3) is 11.0 Å². The Morgan fingerprint density at radius 2 is 2.12 bits per heavy atom. The van der Waals surface area contributed by atoms with Crippen molar-refractivity contribution in [2.75, 3.05) is 13.2 Å². The molecule has 0 aliphatic heterocycles. The lowest BCUT2D eigenvalue weighted by Crippen LogP contribution is -2.26. The molecule has 0 atom stereocenters. The second-order valence-corrected chi connectivity index (χ2v) is 5.16. The van der Waals surface area contributed by atoms with Gasteiger partial charge in [-0.2, -0.15) is 0 Å². The van der Waals surface area contributed by atoms with Crippen molar-refractivity contribution in [2.24, 2.45) is 0 Å². The van der Waals surface area contributed by atoms with E-state index in [1.807, 2.05) is 13.0 Å². The van der Waals surface area contributed by atoms with Crippen LogP contribution in [0.3, 0.4) is 0 Å². The third kappa shape index (κ3) is 3.48. The van der Waals surface area contributed by atoms with E-state index in [0.717, 1.165) is 5.76 Å². The SMILES string of the molecule is CCOc1ccc2c(C(=O)NCCc3ccco3)cc(=O)oc2c1. The van der Waals surface area contributed by atoms with E-state index in [2.05, 4.69) is 5.32 Å². The molecule has 2 heterocycles. The van der Waals surface area contributed by atoms with Crippen molar-refractivity contribution < 1.29 is 18.4 Å². The number of hydrogen-bond acceptors (Lipinski definition) is 5. The predicted molar refractivity (Wildman–Crippen MR) is 88.4 cm³/mol. The Hall–Kier alpha value is -3.02. The number of ether oxygens (including phenoxy) is 1. The summed E-state index contributed by atoms with van der Waals surface area (Å²) in [5.74, 6) is 1.04. The summed E-state index contributed by atoms with van der Waals surface area (Å²) in [4.78, 5) is 24.1. The number of carbonyl (C=O) groups is 1. The summed E-state index contributed by atoms with van der Waals surface area (Å²) in [6, 6.07) is 9.90. The van der Waals surface area contributed by atoms with Gasteiger partial charge in [0.25, 0.3) is 5.91 Å². The first kappa shape index (κ1) is 15.9. The van der Waals surface area contributed by atoms with Crippen molar-refractivity contribution in [3.8, 4) is 5.75 Å². The molecular formula is C18H17NO5. The lowest BCUT2D eigenvalue weighted by molar-refractivity contribution is 0.0954. The lowest BCUT2D eigenvalue weighted by atomic mass is 10.1. The second-order valence-electron chi connectivity index (χ2n) is 5.16. The highest BCUT2D eigenvalue weighted by atomic mass is 16.5. The van der Waals surface area contributed by atoms with Gasteiger partial charge >= 0.3 is 5.63 Å². The van der Waals surface area contributed by atoms with E-state index in [-0.39, 0.29) is 11.5 Å². The maximum absolute atomic E-state index is 12.4. The second kappa shape index (κ2) is 7.04. The van der Waals surface area contributed by atoms with Crippen molar-refractivity contribution in [1.82, 2.24) is 5.32 Å². The predicted octanol–water partition coefficient (Wildman–Crippen LogP) is 2.76. The molecule has 0 bridgehead atoms. The minimum Gasteiger partial charge on any atom is -0.494 e. The van der Waals surface area contributed by atoms with Gasteiger partial charge in [0.05, 0.1) is 18.4 Å². The van der Waals surface area contributed by atoms with Gasteiger partial charge in [0, 0.05) is 30.5 Å². The van der Waals surface area contributed by atoms with Gasteiger partial charge in [-0.25, -0.2) is 4.79 Å². The first-order valence-electron chi connectivity index (χ1n) is 7.68. The summed E-state index contributed by atoms with van der Waals surface area (Å²) in [6.07, 6.45) is 2.16. The van der Waals surface area contributed by atoms with E-state index in [1.54, 1.807) is 30.5 Å². The summed E-state index contributed by atoms with van der Waals surface area (Å²) in [5.41, 5.74) is 0.0284. The van der Waals surface area contributed by atoms with Crippen LogP contribution >= 0.6 is 0 Å². The van der Waals surface area contributed by atoms with Gasteiger partial charge in [-0.05, 0) is 31.2 Å². The molecule has 0 aliphatic rings. The Labute approximate surface area is 138 Å². The van der Waals surface area contributed by atoms with Gasteiger partial charge in [-0.3, -0.25) is 4.79 Å². The Morgan fingerprint density at radius 1 is 1.25 bits per heavy atom. The van der Waals surface area contributed by atoms with Gasteiger partial charge in [-0.1, -0.05) is 0 Å². The van der Waals surface area contributed by atoms with Gasteiger partial charge in [0.15, 0.2) is 0 Å². The third-order valence-corrected chi connectivity index (χ3v) is 3.51. The van der Waals surface area contributed by atoms with Crippen LogP contribution in [0.4, 0.5) is 0 Å². The zero-order valence-corrected chi connectivity index (χ0v) is 13.2. The molecule has 6 heteroatoms. The topological polar surface area (TPSA) is 81.7 Å². The molecular weight excluding hydrogens is 310 g/mol. The van der Waals surface area contributed by atoms with Crippen molar-refractivity contribution in [3.63, 3.8) is 0 Å². The quantitative estimate of drug-likeness (QED) is 0.704. The monoisotopic (exact) mass is 327 g/mol. The fraction of sp³-hybridized carbons (Fsp3) is 0.222. The minimum atomic E-state index is -0.577. The van der Waals surface area contributed by atoms with Crippen LogP contribution in [0.5, 0.6) is 5.75 Å². The van der Waals surface area contributed by atoms with Gasteiger partial charge < -0.3 is 18.9 Å². The van der Waals surface area contributed by atoms with E-state index in [4.69, 9.17) is 13.6 Å². The van der Waals surface area contributed by atoms with Crippen molar-refractivity contribution >= 4 is 16.9 Å². The van der Waals surface area contributed by atoms with E-state index < -0.39 is 5.63 Å². The number of carbonyl (C=O) groups excluding carboxylic acids is 1. The third-order valence-electron chi connectivity index (χ3n) is 3.51. The van der Waals surface area contributed by atoms with Gasteiger partial charge in [0.1, 0.15) is 17.1 Å². The summed E-state index contributed by atoms with van der Waals surface area (Å²) in [5, 5.41) is 3.35.